The Kier molecular flexibility index (Phi) is 4.04. The van der Waals surface area contributed by atoms with Gasteiger partial charge in [-0.2, -0.15) is 0 Å². The lowest BCUT2D eigenvalue weighted by Crippen LogP contribution is -2.32. The topological polar surface area (TPSA) is 52.6 Å². The van der Waals surface area contributed by atoms with Gasteiger partial charge in [0.1, 0.15) is 0 Å². The normalized spacial score (nSPS) is 18.3. The Bertz CT molecular complexity index is 144. The Hall–Kier alpha value is -0.610. The summed E-state index contributed by atoms with van der Waals surface area (Å²) in [5, 5.41) is 11.2. The summed E-state index contributed by atoms with van der Waals surface area (Å²) in [5.41, 5.74) is 0. The highest BCUT2D eigenvalue weighted by Gasteiger charge is 2.09. The maximum absolute atomic E-state index is 10.1. The zero-order valence-electron chi connectivity index (χ0n) is 7.25. The molecule has 70 valence electrons. The molecule has 1 fully saturated rings. The van der Waals surface area contributed by atoms with Crippen LogP contribution in [-0.4, -0.2) is 48.7 Å². The van der Waals surface area contributed by atoms with Gasteiger partial charge in [0, 0.05) is 13.1 Å². The number of nitrogens with one attached hydrogen (secondary N) is 1. The van der Waals surface area contributed by atoms with E-state index in [9.17, 15) is 4.79 Å². The van der Waals surface area contributed by atoms with Gasteiger partial charge in [0.05, 0.1) is 6.54 Å². The molecule has 1 saturated heterocycles. The molecule has 1 heterocycles. The summed E-state index contributed by atoms with van der Waals surface area (Å²) < 4.78 is 0. The third-order valence-electron chi connectivity index (χ3n) is 2.08. The Labute approximate surface area is 72.6 Å². The number of carboxylic acid groups (broad SMARTS) is 1. The van der Waals surface area contributed by atoms with Crippen molar-refractivity contribution in [2.45, 2.75) is 12.8 Å². The van der Waals surface area contributed by atoms with Gasteiger partial charge in [-0.1, -0.05) is 0 Å². The van der Waals surface area contributed by atoms with E-state index >= 15 is 0 Å². The van der Waals surface area contributed by atoms with Crippen LogP contribution in [0.25, 0.3) is 0 Å². The predicted molar refractivity (Wildman–Crippen MR) is 46.2 cm³/mol. The van der Waals surface area contributed by atoms with Crippen molar-refractivity contribution in [3.8, 4) is 0 Å². The zero-order chi connectivity index (χ0) is 8.81. The molecule has 1 rings (SSSR count). The number of rotatable bonds is 5. The van der Waals surface area contributed by atoms with E-state index in [-0.39, 0.29) is 6.54 Å². The molecule has 0 aliphatic carbocycles. The van der Waals surface area contributed by atoms with Gasteiger partial charge in [-0.05, 0) is 25.9 Å². The molecule has 0 radical (unpaired) electrons. The van der Waals surface area contributed by atoms with Gasteiger partial charge in [-0.3, -0.25) is 4.79 Å². The molecule has 12 heavy (non-hydrogen) atoms. The molecule has 4 nitrogen and oxygen atoms in total. The molecule has 0 bridgehead atoms. The average molecular weight is 172 g/mol. The highest BCUT2D eigenvalue weighted by Crippen LogP contribution is 2.05. The average Bonchev–Trinajstić information content (AvgIpc) is 2.49. The van der Waals surface area contributed by atoms with Crippen LogP contribution in [0.5, 0.6) is 0 Å². The molecule has 2 N–H and O–H groups in total. The van der Waals surface area contributed by atoms with Crippen LogP contribution in [-0.2, 0) is 4.79 Å². The van der Waals surface area contributed by atoms with Crippen molar-refractivity contribution in [3.05, 3.63) is 0 Å². The van der Waals surface area contributed by atoms with E-state index < -0.39 is 5.97 Å². The Morgan fingerprint density at radius 1 is 1.42 bits per heavy atom. The van der Waals surface area contributed by atoms with Crippen LogP contribution >= 0.6 is 0 Å². The molecule has 0 saturated carbocycles. The molecule has 1 aliphatic heterocycles. The smallest absolute Gasteiger partial charge is 0.317 e. The van der Waals surface area contributed by atoms with Crippen LogP contribution in [0.4, 0.5) is 0 Å². The highest BCUT2D eigenvalue weighted by molar-refractivity contribution is 5.68. The van der Waals surface area contributed by atoms with Crippen LogP contribution in [0.2, 0.25) is 0 Å². The summed E-state index contributed by atoms with van der Waals surface area (Å²) in [6.45, 7) is 4.19. The molecular formula is C8H16N2O2. The van der Waals surface area contributed by atoms with E-state index in [2.05, 4.69) is 10.2 Å². The molecule has 0 spiro atoms. The lowest BCUT2D eigenvalue weighted by molar-refractivity contribution is -0.135. The van der Waals surface area contributed by atoms with Gasteiger partial charge in [0.15, 0.2) is 0 Å². The van der Waals surface area contributed by atoms with E-state index in [1.165, 1.54) is 25.9 Å². The van der Waals surface area contributed by atoms with E-state index in [0.717, 1.165) is 13.1 Å². The molecule has 4 heteroatoms. The van der Waals surface area contributed by atoms with Crippen molar-refractivity contribution in [1.29, 1.82) is 0 Å². The molecule has 0 aromatic carbocycles. The van der Waals surface area contributed by atoms with E-state index in [0.29, 0.717) is 0 Å². The summed E-state index contributed by atoms with van der Waals surface area (Å²) in [6.07, 6.45) is 2.58. The summed E-state index contributed by atoms with van der Waals surface area (Å²) in [5.74, 6) is -0.781. The summed E-state index contributed by atoms with van der Waals surface area (Å²) in [7, 11) is 0. The fourth-order valence-electron chi connectivity index (χ4n) is 1.44. The summed E-state index contributed by atoms with van der Waals surface area (Å²) >= 11 is 0. The minimum atomic E-state index is -0.781. The minimum absolute atomic E-state index is 0.0772. The first-order chi connectivity index (χ1) is 5.79. The fraction of sp³-hybridized carbons (Fsp3) is 0.875. The van der Waals surface area contributed by atoms with Crippen molar-refractivity contribution < 1.29 is 9.90 Å². The van der Waals surface area contributed by atoms with Gasteiger partial charge in [-0.25, -0.2) is 0 Å². The van der Waals surface area contributed by atoms with E-state index in [4.69, 9.17) is 5.11 Å². The second kappa shape index (κ2) is 5.11. The van der Waals surface area contributed by atoms with Crippen molar-refractivity contribution in [3.63, 3.8) is 0 Å². The lowest BCUT2D eigenvalue weighted by Gasteiger charge is -2.13. The van der Waals surface area contributed by atoms with Crippen LogP contribution in [0.3, 0.4) is 0 Å². The molecule has 0 unspecified atom stereocenters. The van der Waals surface area contributed by atoms with Crippen LogP contribution in [0.1, 0.15) is 12.8 Å². The van der Waals surface area contributed by atoms with E-state index in [1.807, 2.05) is 0 Å². The van der Waals surface area contributed by atoms with Gasteiger partial charge in [0.2, 0.25) is 0 Å². The summed E-state index contributed by atoms with van der Waals surface area (Å²) in [4.78, 5) is 12.5. The largest absolute Gasteiger partial charge is 0.480 e. The second-order valence-corrected chi connectivity index (χ2v) is 3.12. The Morgan fingerprint density at radius 2 is 2.08 bits per heavy atom. The highest BCUT2D eigenvalue weighted by atomic mass is 16.4. The van der Waals surface area contributed by atoms with Crippen LogP contribution in [0.15, 0.2) is 0 Å². The van der Waals surface area contributed by atoms with Gasteiger partial charge >= 0.3 is 5.97 Å². The SMILES string of the molecule is O=C(O)CNCCN1CCCC1. The fourth-order valence-corrected chi connectivity index (χ4v) is 1.44. The molecule has 0 aromatic rings. The maximum Gasteiger partial charge on any atom is 0.317 e. The monoisotopic (exact) mass is 172 g/mol. The number of nitrogens with zero attached hydrogens (tertiary/aromatic N) is 1. The standard InChI is InChI=1S/C8H16N2O2/c11-8(12)7-9-3-6-10-4-1-2-5-10/h9H,1-7H2,(H,11,12). The summed E-state index contributed by atoms with van der Waals surface area (Å²) in [6, 6.07) is 0. The van der Waals surface area contributed by atoms with E-state index in [1.54, 1.807) is 0 Å². The third kappa shape index (κ3) is 3.69. The maximum atomic E-state index is 10.1. The second-order valence-electron chi connectivity index (χ2n) is 3.12. The van der Waals surface area contributed by atoms with Gasteiger partial charge in [0.25, 0.3) is 0 Å². The lowest BCUT2D eigenvalue weighted by atomic mass is 10.4. The van der Waals surface area contributed by atoms with Crippen molar-refractivity contribution >= 4 is 5.97 Å². The number of likely N-dealkylation sites (tertiary alicyclic amines) is 1. The Morgan fingerprint density at radius 3 is 2.67 bits per heavy atom. The first-order valence-corrected chi connectivity index (χ1v) is 4.44. The molecule has 0 atom stereocenters. The molecule has 0 amide bonds. The van der Waals surface area contributed by atoms with Crippen LogP contribution < -0.4 is 5.32 Å². The van der Waals surface area contributed by atoms with Gasteiger partial charge < -0.3 is 15.3 Å². The van der Waals surface area contributed by atoms with Gasteiger partial charge in [-0.15, -0.1) is 0 Å². The number of hydrogen-bond acceptors (Lipinski definition) is 3. The first kappa shape index (κ1) is 9.48. The van der Waals surface area contributed by atoms with Crippen LogP contribution in [0, 0.1) is 0 Å². The van der Waals surface area contributed by atoms with Crippen molar-refractivity contribution in [2.75, 3.05) is 32.7 Å². The number of aliphatic carboxylic acids is 1. The van der Waals surface area contributed by atoms with Crippen molar-refractivity contribution in [2.24, 2.45) is 0 Å². The Balaban J connectivity index is 1.91. The minimum Gasteiger partial charge on any atom is -0.480 e. The third-order valence-corrected chi connectivity index (χ3v) is 2.08. The predicted octanol–water partition coefficient (Wildman–Crippen LogP) is -0.244. The number of hydrogen-bond donors (Lipinski definition) is 2. The number of carbonyl (C=O) groups is 1. The van der Waals surface area contributed by atoms with Crippen molar-refractivity contribution in [1.82, 2.24) is 10.2 Å². The number of carboxylic acids is 1. The molecular weight excluding hydrogens is 156 g/mol. The quantitative estimate of drug-likeness (QED) is 0.562. The molecule has 1 aliphatic rings. The molecule has 0 aromatic heterocycles. The first-order valence-electron chi connectivity index (χ1n) is 4.44. The zero-order valence-corrected chi connectivity index (χ0v) is 7.25.